The van der Waals surface area contributed by atoms with Crippen LogP contribution in [0, 0.1) is 0 Å². The van der Waals surface area contributed by atoms with Gasteiger partial charge in [0.1, 0.15) is 5.75 Å². The molecular weight excluding hydrogens is 340 g/mol. The number of rotatable bonds is 5. The van der Waals surface area contributed by atoms with Crippen molar-refractivity contribution >= 4 is 34.7 Å². The topological polar surface area (TPSA) is 76.1 Å². The molecule has 1 amide bonds. The quantitative estimate of drug-likeness (QED) is 0.720. The third-order valence-electron chi connectivity index (χ3n) is 3.38. The van der Waals surface area contributed by atoms with Crippen molar-refractivity contribution in [2.24, 2.45) is 0 Å². The van der Waals surface area contributed by atoms with Crippen molar-refractivity contribution in [3.05, 3.63) is 71.4 Å². The number of hydrogen-bond donors (Lipinski definition) is 2. The summed E-state index contributed by atoms with van der Waals surface area (Å²) < 4.78 is 5.11. The van der Waals surface area contributed by atoms with E-state index in [2.05, 4.69) is 20.8 Å². The molecular formula is C18H15ClN4O2. The summed E-state index contributed by atoms with van der Waals surface area (Å²) in [6.45, 7) is 0. The van der Waals surface area contributed by atoms with Crippen molar-refractivity contribution < 1.29 is 9.53 Å². The number of benzene rings is 2. The van der Waals surface area contributed by atoms with Crippen LogP contribution in [0.3, 0.4) is 0 Å². The van der Waals surface area contributed by atoms with Crippen LogP contribution in [0.15, 0.2) is 60.7 Å². The Hall–Kier alpha value is -3.12. The highest BCUT2D eigenvalue weighted by molar-refractivity contribution is 6.33. The maximum Gasteiger partial charge on any atom is 0.276 e. The number of halogens is 1. The molecule has 3 aromatic rings. The second-order valence-corrected chi connectivity index (χ2v) is 5.50. The van der Waals surface area contributed by atoms with Crippen molar-refractivity contribution in [3.8, 4) is 5.75 Å². The summed E-state index contributed by atoms with van der Waals surface area (Å²) in [5.41, 5.74) is 1.56. The normalized spacial score (nSPS) is 10.2. The van der Waals surface area contributed by atoms with Gasteiger partial charge in [0.05, 0.1) is 17.8 Å². The van der Waals surface area contributed by atoms with E-state index in [0.29, 0.717) is 16.5 Å². The van der Waals surface area contributed by atoms with Crippen LogP contribution in [0.4, 0.5) is 17.2 Å². The van der Waals surface area contributed by atoms with E-state index in [-0.39, 0.29) is 11.6 Å². The van der Waals surface area contributed by atoms with Crippen molar-refractivity contribution in [1.82, 2.24) is 10.2 Å². The third kappa shape index (κ3) is 4.24. The molecule has 7 heteroatoms. The second kappa shape index (κ2) is 7.63. The number of methoxy groups -OCH3 is 1. The zero-order chi connectivity index (χ0) is 17.6. The van der Waals surface area contributed by atoms with Gasteiger partial charge in [-0.25, -0.2) is 0 Å². The minimum atomic E-state index is -0.378. The first-order valence-corrected chi connectivity index (χ1v) is 7.84. The van der Waals surface area contributed by atoms with Crippen molar-refractivity contribution in [1.29, 1.82) is 0 Å². The molecule has 0 aliphatic carbocycles. The lowest BCUT2D eigenvalue weighted by atomic mass is 10.3. The van der Waals surface area contributed by atoms with Gasteiger partial charge in [-0.1, -0.05) is 23.7 Å². The lowest BCUT2D eigenvalue weighted by Gasteiger charge is -2.08. The average molecular weight is 355 g/mol. The summed E-state index contributed by atoms with van der Waals surface area (Å²) in [6, 6.07) is 17.6. The smallest absolute Gasteiger partial charge is 0.276 e. The van der Waals surface area contributed by atoms with Crippen LogP contribution in [0.1, 0.15) is 10.5 Å². The number of para-hydroxylation sites is 1. The third-order valence-corrected chi connectivity index (χ3v) is 3.71. The summed E-state index contributed by atoms with van der Waals surface area (Å²) in [5.74, 6) is 0.916. The first-order valence-electron chi connectivity index (χ1n) is 7.46. The van der Waals surface area contributed by atoms with E-state index in [9.17, 15) is 4.79 Å². The standard InChI is InChI=1S/C18H15ClN4O2/c1-25-13-8-6-12(7-9-13)20-17-11-10-16(22-23-17)18(24)21-15-5-3-2-4-14(15)19/h2-11H,1H3,(H,20,23)(H,21,24). The molecule has 0 saturated heterocycles. The zero-order valence-corrected chi connectivity index (χ0v) is 14.1. The molecule has 126 valence electrons. The van der Waals surface area contributed by atoms with E-state index in [4.69, 9.17) is 16.3 Å². The Labute approximate surface area is 149 Å². The molecule has 0 unspecified atom stereocenters. The van der Waals surface area contributed by atoms with Crippen molar-refractivity contribution in [3.63, 3.8) is 0 Å². The van der Waals surface area contributed by atoms with Gasteiger partial charge in [-0.2, -0.15) is 0 Å². The average Bonchev–Trinajstić information content (AvgIpc) is 2.65. The lowest BCUT2D eigenvalue weighted by Crippen LogP contribution is -2.14. The number of nitrogens with one attached hydrogen (secondary N) is 2. The Morgan fingerprint density at radius 2 is 1.76 bits per heavy atom. The fourth-order valence-corrected chi connectivity index (χ4v) is 2.27. The summed E-state index contributed by atoms with van der Waals surface area (Å²) in [6.07, 6.45) is 0. The molecule has 3 rings (SSSR count). The van der Waals surface area contributed by atoms with Crippen LogP contribution >= 0.6 is 11.6 Å². The molecule has 25 heavy (non-hydrogen) atoms. The fraction of sp³-hybridized carbons (Fsp3) is 0.0556. The van der Waals surface area contributed by atoms with Gasteiger partial charge in [0, 0.05) is 5.69 Å². The molecule has 1 heterocycles. The summed E-state index contributed by atoms with van der Waals surface area (Å²) in [5, 5.41) is 14.2. The minimum Gasteiger partial charge on any atom is -0.497 e. The van der Waals surface area contributed by atoms with E-state index in [1.165, 1.54) is 0 Å². The predicted octanol–water partition coefficient (Wildman–Crippen LogP) is 4.13. The highest BCUT2D eigenvalue weighted by Gasteiger charge is 2.10. The van der Waals surface area contributed by atoms with E-state index >= 15 is 0 Å². The summed E-state index contributed by atoms with van der Waals surface area (Å²) in [7, 11) is 1.61. The molecule has 1 aromatic heterocycles. The predicted molar refractivity (Wildman–Crippen MR) is 97.7 cm³/mol. The lowest BCUT2D eigenvalue weighted by molar-refractivity contribution is 0.102. The van der Waals surface area contributed by atoms with E-state index in [0.717, 1.165) is 11.4 Å². The molecule has 2 aromatic carbocycles. The maximum absolute atomic E-state index is 12.2. The highest BCUT2D eigenvalue weighted by atomic mass is 35.5. The number of nitrogens with zero attached hydrogens (tertiary/aromatic N) is 2. The summed E-state index contributed by atoms with van der Waals surface area (Å²) in [4.78, 5) is 12.2. The Morgan fingerprint density at radius 1 is 1.00 bits per heavy atom. The van der Waals surface area contributed by atoms with E-state index in [1.54, 1.807) is 43.5 Å². The highest BCUT2D eigenvalue weighted by Crippen LogP contribution is 2.21. The van der Waals surface area contributed by atoms with E-state index in [1.807, 2.05) is 24.3 Å². The van der Waals surface area contributed by atoms with Gasteiger partial charge in [0.15, 0.2) is 11.5 Å². The maximum atomic E-state index is 12.2. The van der Waals surface area contributed by atoms with Crippen LogP contribution in [-0.4, -0.2) is 23.2 Å². The Kier molecular flexibility index (Phi) is 5.11. The molecule has 6 nitrogen and oxygen atoms in total. The number of ether oxygens (including phenoxy) is 1. The summed E-state index contributed by atoms with van der Waals surface area (Å²) >= 11 is 6.02. The molecule has 0 atom stereocenters. The van der Waals surface area contributed by atoms with Gasteiger partial charge < -0.3 is 15.4 Å². The van der Waals surface area contributed by atoms with Gasteiger partial charge in [-0.3, -0.25) is 4.79 Å². The SMILES string of the molecule is COc1ccc(Nc2ccc(C(=O)Nc3ccccc3Cl)nn2)cc1. The number of carbonyl (C=O) groups excluding carboxylic acids is 1. The first kappa shape index (κ1) is 16.7. The zero-order valence-electron chi connectivity index (χ0n) is 13.4. The Bertz CT molecular complexity index is 867. The van der Waals surface area contributed by atoms with Gasteiger partial charge in [0.2, 0.25) is 0 Å². The molecule has 0 radical (unpaired) electrons. The number of carbonyl (C=O) groups is 1. The number of hydrogen-bond acceptors (Lipinski definition) is 5. The Morgan fingerprint density at radius 3 is 2.40 bits per heavy atom. The molecule has 0 aliphatic heterocycles. The van der Waals surface area contributed by atoms with E-state index < -0.39 is 0 Å². The van der Waals surface area contributed by atoms with Crippen LogP contribution < -0.4 is 15.4 Å². The molecule has 0 aliphatic rings. The van der Waals surface area contributed by atoms with Crippen molar-refractivity contribution in [2.45, 2.75) is 0 Å². The first-order chi connectivity index (χ1) is 12.2. The second-order valence-electron chi connectivity index (χ2n) is 5.09. The largest absolute Gasteiger partial charge is 0.497 e. The fourth-order valence-electron chi connectivity index (χ4n) is 2.09. The molecule has 0 fully saturated rings. The molecule has 2 N–H and O–H groups in total. The van der Waals surface area contributed by atoms with Gasteiger partial charge in [-0.05, 0) is 48.5 Å². The minimum absolute atomic E-state index is 0.195. The van der Waals surface area contributed by atoms with Crippen LogP contribution in [0.25, 0.3) is 0 Å². The number of anilines is 3. The van der Waals surface area contributed by atoms with Crippen molar-refractivity contribution in [2.75, 3.05) is 17.7 Å². The van der Waals surface area contributed by atoms with Gasteiger partial charge >= 0.3 is 0 Å². The Balaban J connectivity index is 1.67. The van der Waals surface area contributed by atoms with Crippen LogP contribution in [-0.2, 0) is 0 Å². The molecule has 0 spiro atoms. The number of aromatic nitrogens is 2. The van der Waals surface area contributed by atoms with Gasteiger partial charge in [-0.15, -0.1) is 10.2 Å². The monoisotopic (exact) mass is 354 g/mol. The van der Waals surface area contributed by atoms with Gasteiger partial charge in [0.25, 0.3) is 5.91 Å². The molecule has 0 saturated carbocycles. The number of amides is 1. The van der Waals surface area contributed by atoms with Crippen LogP contribution in [0.2, 0.25) is 5.02 Å². The molecule has 0 bridgehead atoms. The van der Waals surface area contributed by atoms with Crippen LogP contribution in [0.5, 0.6) is 5.75 Å².